The Morgan fingerprint density at radius 2 is 1.90 bits per heavy atom. The molecule has 21 heavy (non-hydrogen) atoms. The zero-order valence-corrected chi connectivity index (χ0v) is 11.5. The Morgan fingerprint density at radius 1 is 1.29 bits per heavy atom. The summed E-state index contributed by atoms with van der Waals surface area (Å²) in [6.07, 6.45) is -0.467. The van der Waals surface area contributed by atoms with Gasteiger partial charge < -0.3 is 26.2 Å². The van der Waals surface area contributed by atoms with E-state index in [2.05, 4.69) is 10.6 Å². The van der Waals surface area contributed by atoms with E-state index < -0.39 is 30.4 Å². The second kappa shape index (κ2) is 7.73. The number of carbonyl (C=O) groups excluding carboxylic acids is 2. The molecule has 8 nitrogen and oxygen atoms in total. The maximum atomic E-state index is 11.6. The Bertz CT molecular complexity index is 515. The molecule has 0 radical (unpaired) electrons. The molecular weight excluding hydrogens is 278 g/mol. The third kappa shape index (κ3) is 5.81. The largest absolute Gasteiger partial charge is 0.497 e. The summed E-state index contributed by atoms with van der Waals surface area (Å²) in [6.45, 7) is 0.207. The van der Waals surface area contributed by atoms with Crippen LogP contribution in [0.5, 0.6) is 5.75 Å². The van der Waals surface area contributed by atoms with Crippen LogP contribution in [-0.2, 0) is 16.1 Å². The summed E-state index contributed by atoms with van der Waals surface area (Å²) >= 11 is 0. The fourth-order valence-electron chi connectivity index (χ4n) is 1.54. The van der Waals surface area contributed by atoms with Crippen LogP contribution in [0.25, 0.3) is 0 Å². The molecular formula is C13H17N3O5. The quantitative estimate of drug-likeness (QED) is 0.554. The van der Waals surface area contributed by atoms with Crippen molar-refractivity contribution in [2.24, 2.45) is 5.73 Å². The molecule has 5 N–H and O–H groups in total. The van der Waals surface area contributed by atoms with E-state index in [-0.39, 0.29) is 6.54 Å². The molecule has 114 valence electrons. The summed E-state index contributed by atoms with van der Waals surface area (Å²) in [5.41, 5.74) is 5.73. The summed E-state index contributed by atoms with van der Waals surface area (Å²) in [5, 5.41) is 13.5. The Morgan fingerprint density at radius 3 is 2.38 bits per heavy atom. The van der Waals surface area contributed by atoms with Gasteiger partial charge in [0.25, 0.3) is 0 Å². The van der Waals surface area contributed by atoms with E-state index in [0.29, 0.717) is 5.75 Å². The zero-order chi connectivity index (χ0) is 15.8. The van der Waals surface area contributed by atoms with Crippen molar-refractivity contribution in [1.82, 2.24) is 10.6 Å². The summed E-state index contributed by atoms with van der Waals surface area (Å²) < 4.78 is 5.00. The van der Waals surface area contributed by atoms with Crippen LogP contribution in [0.3, 0.4) is 0 Å². The summed E-state index contributed by atoms with van der Waals surface area (Å²) in [5.74, 6) is -1.44. The standard InChI is InChI=1S/C13H17N3O5/c1-21-9-4-2-8(3-5-9)7-15-13(20)16-10(12(18)19)6-11(14)17/h2-5,10H,6-7H2,1H3,(H2,14,17)(H,18,19)(H2,15,16,20). The molecule has 0 fully saturated rings. The first-order chi connectivity index (χ1) is 9.92. The van der Waals surface area contributed by atoms with Gasteiger partial charge in [0.2, 0.25) is 5.91 Å². The number of carboxylic acids is 1. The van der Waals surface area contributed by atoms with Crippen molar-refractivity contribution in [3.8, 4) is 5.75 Å². The van der Waals surface area contributed by atoms with Crippen LogP contribution < -0.4 is 21.1 Å². The van der Waals surface area contributed by atoms with Crippen molar-refractivity contribution < 1.29 is 24.2 Å². The predicted molar refractivity (Wildman–Crippen MR) is 73.6 cm³/mol. The highest BCUT2D eigenvalue weighted by molar-refractivity contribution is 5.87. The van der Waals surface area contributed by atoms with Crippen molar-refractivity contribution in [3.05, 3.63) is 29.8 Å². The number of amides is 3. The number of nitrogens with one attached hydrogen (secondary N) is 2. The number of nitrogens with two attached hydrogens (primary N) is 1. The van der Waals surface area contributed by atoms with Gasteiger partial charge in [-0.05, 0) is 17.7 Å². The van der Waals surface area contributed by atoms with E-state index >= 15 is 0 Å². The maximum Gasteiger partial charge on any atom is 0.326 e. The molecule has 0 saturated carbocycles. The average molecular weight is 295 g/mol. The number of carbonyl (C=O) groups is 3. The molecule has 8 heteroatoms. The zero-order valence-electron chi connectivity index (χ0n) is 11.5. The number of rotatable bonds is 7. The molecule has 1 atom stereocenters. The van der Waals surface area contributed by atoms with Gasteiger partial charge in [0.15, 0.2) is 0 Å². The summed E-state index contributed by atoms with van der Waals surface area (Å²) in [4.78, 5) is 33.1. The summed E-state index contributed by atoms with van der Waals surface area (Å²) in [6, 6.07) is 4.95. The topological polar surface area (TPSA) is 131 Å². The van der Waals surface area contributed by atoms with Gasteiger partial charge in [0, 0.05) is 6.54 Å². The minimum absolute atomic E-state index is 0.207. The molecule has 1 aromatic rings. The van der Waals surface area contributed by atoms with Crippen molar-refractivity contribution in [2.45, 2.75) is 19.0 Å². The highest BCUT2D eigenvalue weighted by atomic mass is 16.5. The van der Waals surface area contributed by atoms with E-state index in [9.17, 15) is 14.4 Å². The number of urea groups is 1. The lowest BCUT2D eigenvalue weighted by Gasteiger charge is -2.13. The van der Waals surface area contributed by atoms with E-state index in [1.165, 1.54) is 0 Å². The lowest BCUT2D eigenvalue weighted by molar-refractivity contribution is -0.140. The van der Waals surface area contributed by atoms with Crippen LogP contribution in [0.1, 0.15) is 12.0 Å². The first kappa shape index (κ1) is 16.3. The monoisotopic (exact) mass is 295 g/mol. The number of primary amides is 1. The smallest absolute Gasteiger partial charge is 0.326 e. The summed E-state index contributed by atoms with van der Waals surface area (Å²) in [7, 11) is 1.55. The number of hydrogen-bond acceptors (Lipinski definition) is 4. The number of ether oxygens (including phenoxy) is 1. The maximum absolute atomic E-state index is 11.6. The first-order valence-electron chi connectivity index (χ1n) is 6.10. The van der Waals surface area contributed by atoms with Gasteiger partial charge in [-0.25, -0.2) is 9.59 Å². The molecule has 1 rings (SSSR count). The van der Waals surface area contributed by atoms with E-state index in [0.717, 1.165) is 5.56 Å². The van der Waals surface area contributed by atoms with Crippen LogP contribution in [0.2, 0.25) is 0 Å². The predicted octanol–water partition coefficient (Wildman–Crippen LogP) is -0.177. The Hall–Kier alpha value is -2.77. The van der Waals surface area contributed by atoms with E-state index in [1.54, 1.807) is 31.4 Å². The van der Waals surface area contributed by atoms with Gasteiger partial charge in [0.1, 0.15) is 11.8 Å². The number of aliphatic carboxylic acids is 1. The Kier molecular flexibility index (Phi) is 5.99. The number of carboxylic acid groups (broad SMARTS) is 1. The molecule has 0 bridgehead atoms. The minimum Gasteiger partial charge on any atom is -0.497 e. The molecule has 0 aliphatic rings. The fourth-order valence-corrected chi connectivity index (χ4v) is 1.54. The molecule has 0 aliphatic carbocycles. The molecule has 0 heterocycles. The van der Waals surface area contributed by atoms with Crippen LogP contribution in [0.4, 0.5) is 4.79 Å². The van der Waals surface area contributed by atoms with Crippen LogP contribution >= 0.6 is 0 Å². The Balaban J connectivity index is 2.48. The number of methoxy groups -OCH3 is 1. The molecule has 0 aliphatic heterocycles. The van der Waals surface area contributed by atoms with Crippen molar-refractivity contribution in [2.75, 3.05) is 7.11 Å². The lowest BCUT2D eigenvalue weighted by atomic mass is 10.2. The van der Waals surface area contributed by atoms with Gasteiger partial charge >= 0.3 is 12.0 Å². The van der Waals surface area contributed by atoms with Gasteiger partial charge in [0.05, 0.1) is 13.5 Å². The second-order valence-electron chi connectivity index (χ2n) is 4.24. The van der Waals surface area contributed by atoms with Crippen LogP contribution in [0, 0.1) is 0 Å². The Labute approximate surface area is 121 Å². The fraction of sp³-hybridized carbons (Fsp3) is 0.308. The van der Waals surface area contributed by atoms with E-state index in [4.69, 9.17) is 15.6 Å². The first-order valence-corrected chi connectivity index (χ1v) is 6.10. The average Bonchev–Trinajstić information content (AvgIpc) is 2.44. The SMILES string of the molecule is COc1ccc(CNC(=O)NC(CC(N)=O)C(=O)O)cc1. The number of hydrogen-bond donors (Lipinski definition) is 4. The van der Waals surface area contributed by atoms with Crippen molar-refractivity contribution in [3.63, 3.8) is 0 Å². The van der Waals surface area contributed by atoms with Crippen molar-refractivity contribution in [1.29, 1.82) is 0 Å². The minimum atomic E-state index is -1.35. The van der Waals surface area contributed by atoms with E-state index in [1.807, 2.05) is 0 Å². The highest BCUT2D eigenvalue weighted by Gasteiger charge is 2.21. The lowest BCUT2D eigenvalue weighted by Crippen LogP contribution is -2.47. The molecule has 1 aromatic carbocycles. The highest BCUT2D eigenvalue weighted by Crippen LogP contribution is 2.10. The third-order valence-corrected chi connectivity index (χ3v) is 2.62. The molecule has 3 amide bonds. The van der Waals surface area contributed by atoms with Gasteiger partial charge in [-0.3, -0.25) is 4.79 Å². The van der Waals surface area contributed by atoms with Crippen LogP contribution in [0.15, 0.2) is 24.3 Å². The molecule has 1 unspecified atom stereocenters. The molecule has 0 spiro atoms. The second-order valence-corrected chi connectivity index (χ2v) is 4.24. The van der Waals surface area contributed by atoms with Gasteiger partial charge in [-0.15, -0.1) is 0 Å². The van der Waals surface area contributed by atoms with Gasteiger partial charge in [-0.2, -0.15) is 0 Å². The van der Waals surface area contributed by atoms with Crippen molar-refractivity contribution >= 4 is 17.9 Å². The molecule has 0 aromatic heterocycles. The normalized spacial score (nSPS) is 11.3. The molecule has 0 saturated heterocycles. The third-order valence-electron chi connectivity index (χ3n) is 2.62. The number of benzene rings is 1. The van der Waals surface area contributed by atoms with Gasteiger partial charge in [-0.1, -0.05) is 12.1 Å². The van der Waals surface area contributed by atoms with Crippen LogP contribution in [-0.4, -0.2) is 36.2 Å².